The summed E-state index contributed by atoms with van der Waals surface area (Å²) in [7, 11) is 1.66. The number of rotatable bonds is 9. The van der Waals surface area contributed by atoms with E-state index in [9.17, 15) is 4.79 Å². The molecule has 1 atom stereocenters. The summed E-state index contributed by atoms with van der Waals surface area (Å²) in [5.41, 5.74) is 2.16. The Morgan fingerprint density at radius 3 is 2.23 bits per heavy atom. The molecule has 0 radical (unpaired) electrons. The largest absolute Gasteiger partial charge is 0.497 e. The van der Waals surface area contributed by atoms with Gasteiger partial charge in [-0.3, -0.25) is 4.79 Å². The Bertz CT molecular complexity index is 784. The summed E-state index contributed by atoms with van der Waals surface area (Å²) < 4.78 is 11.0. The molecule has 6 heteroatoms. The third kappa shape index (κ3) is 6.21. The number of amides is 1. The smallest absolute Gasteiger partial charge is 0.282 e. The molecule has 0 aromatic heterocycles. The summed E-state index contributed by atoms with van der Waals surface area (Å²) in [5, 5.41) is 3.07. The molecule has 3 rings (SSSR count). The molecular weight excluding hydrogens is 378 g/mol. The zero-order valence-corrected chi connectivity index (χ0v) is 18.4. The second-order valence-electron chi connectivity index (χ2n) is 7.94. The predicted octanol–water partition coefficient (Wildman–Crippen LogP) is 0.447. The van der Waals surface area contributed by atoms with Crippen molar-refractivity contribution in [2.45, 2.75) is 26.3 Å². The quantitative estimate of drug-likeness (QED) is 0.560. The Morgan fingerprint density at radius 1 is 1.00 bits per heavy atom. The van der Waals surface area contributed by atoms with Crippen LogP contribution in [0.4, 0.5) is 5.69 Å². The van der Waals surface area contributed by atoms with E-state index >= 15 is 0 Å². The lowest BCUT2D eigenvalue weighted by molar-refractivity contribution is -1.02. The van der Waals surface area contributed by atoms with Crippen LogP contribution < -0.4 is 24.6 Å². The topological polar surface area (TPSA) is 56.4 Å². The lowest BCUT2D eigenvalue weighted by Gasteiger charge is -2.32. The first-order valence-electron chi connectivity index (χ1n) is 10.9. The van der Waals surface area contributed by atoms with Crippen molar-refractivity contribution in [1.29, 1.82) is 0 Å². The van der Waals surface area contributed by atoms with Gasteiger partial charge in [-0.05, 0) is 55.3 Å². The van der Waals surface area contributed by atoms with Crippen molar-refractivity contribution >= 4 is 11.6 Å². The van der Waals surface area contributed by atoms with Crippen LogP contribution in [0.1, 0.15) is 19.4 Å². The van der Waals surface area contributed by atoms with E-state index in [4.69, 9.17) is 9.47 Å². The minimum atomic E-state index is -0.0482. The van der Waals surface area contributed by atoms with Crippen LogP contribution in [0, 0.1) is 0 Å². The highest BCUT2D eigenvalue weighted by molar-refractivity contribution is 5.93. The molecule has 1 aliphatic rings. The van der Waals surface area contributed by atoms with Gasteiger partial charge in [-0.2, -0.15) is 0 Å². The van der Waals surface area contributed by atoms with Gasteiger partial charge in [-0.1, -0.05) is 19.1 Å². The van der Waals surface area contributed by atoms with Crippen molar-refractivity contribution in [2.24, 2.45) is 0 Å². The van der Waals surface area contributed by atoms with E-state index < -0.39 is 0 Å². The van der Waals surface area contributed by atoms with Gasteiger partial charge in [0.2, 0.25) is 0 Å². The van der Waals surface area contributed by atoms with E-state index in [1.807, 2.05) is 43.3 Å². The molecule has 30 heavy (non-hydrogen) atoms. The SMILES string of the molecule is CCc1ccc(NC(=O)[C@H](C)[NH+]2CC[NH+](CCOc3ccc(OC)cc3)CC2)cc1. The van der Waals surface area contributed by atoms with Crippen LogP contribution in [-0.2, 0) is 11.2 Å². The minimum absolute atomic E-state index is 0.0482. The fourth-order valence-corrected chi connectivity index (χ4v) is 3.85. The highest BCUT2D eigenvalue weighted by Crippen LogP contribution is 2.16. The number of methoxy groups -OCH3 is 1. The number of benzene rings is 2. The Labute approximate surface area is 179 Å². The zero-order chi connectivity index (χ0) is 21.3. The Hall–Kier alpha value is -2.57. The predicted molar refractivity (Wildman–Crippen MR) is 119 cm³/mol. The van der Waals surface area contributed by atoms with Gasteiger partial charge < -0.3 is 24.6 Å². The molecular formula is C24H35N3O3+2. The second kappa shape index (κ2) is 11.0. The molecule has 2 aromatic rings. The normalized spacial score (nSPS) is 19.7. The fraction of sp³-hybridized carbons (Fsp3) is 0.458. The monoisotopic (exact) mass is 413 g/mol. The molecule has 0 aliphatic carbocycles. The number of quaternary nitrogens is 2. The summed E-state index contributed by atoms with van der Waals surface area (Å²) in [6.45, 7) is 9.95. The Kier molecular flexibility index (Phi) is 8.11. The van der Waals surface area contributed by atoms with E-state index in [1.54, 1.807) is 7.11 Å². The standard InChI is InChI=1S/C24H33N3O3/c1-4-20-5-7-21(8-6-20)25-24(28)19(2)27-15-13-26(14-16-27)17-18-30-23-11-9-22(29-3)10-12-23/h5-12,19H,4,13-18H2,1-3H3,(H,25,28)/p+2/t19-/m0/s1. The first kappa shape index (κ1) is 22.1. The van der Waals surface area contributed by atoms with Crippen molar-refractivity contribution in [3.63, 3.8) is 0 Å². The third-order valence-corrected chi connectivity index (χ3v) is 6.02. The van der Waals surface area contributed by atoms with Crippen molar-refractivity contribution in [2.75, 3.05) is 51.8 Å². The summed E-state index contributed by atoms with van der Waals surface area (Å²) >= 11 is 0. The van der Waals surface area contributed by atoms with E-state index in [0.29, 0.717) is 6.61 Å². The molecule has 0 saturated carbocycles. The van der Waals surface area contributed by atoms with Gasteiger partial charge in [0.1, 0.15) is 50.8 Å². The minimum Gasteiger partial charge on any atom is -0.497 e. The third-order valence-electron chi connectivity index (χ3n) is 6.02. The molecule has 1 aliphatic heterocycles. The number of anilines is 1. The molecule has 3 N–H and O–H groups in total. The molecule has 1 heterocycles. The van der Waals surface area contributed by atoms with Gasteiger partial charge >= 0.3 is 0 Å². The summed E-state index contributed by atoms with van der Waals surface area (Å²) in [6.07, 6.45) is 1.01. The average Bonchev–Trinajstić information content (AvgIpc) is 2.80. The first-order chi connectivity index (χ1) is 14.6. The van der Waals surface area contributed by atoms with Gasteiger partial charge in [0.15, 0.2) is 6.04 Å². The number of carbonyl (C=O) groups is 1. The molecule has 0 spiro atoms. The summed E-state index contributed by atoms with van der Waals surface area (Å²) in [4.78, 5) is 15.6. The van der Waals surface area contributed by atoms with E-state index in [-0.39, 0.29) is 11.9 Å². The number of aryl methyl sites for hydroxylation is 1. The molecule has 1 fully saturated rings. The molecule has 2 aromatic carbocycles. The average molecular weight is 414 g/mol. The van der Waals surface area contributed by atoms with Crippen LogP contribution in [-0.4, -0.2) is 58.4 Å². The maximum absolute atomic E-state index is 12.7. The molecule has 6 nitrogen and oxygen atoms in total. The number of piperazine rings is 1. The maximum Gasteiger partial charge on any atom is 0.282 e. The van der Waals surface area contributed by atoms with Crippen LogP contribution >= 0.6 is 0 Å². The first-order valence-corrected chi connectivity index (χ1v) is 10.9. The van der Waals surface area contributed by atoms with Gasteiger partial charge in [0.05, 0.1) is 7.11 Å². The second-order valence-corrected chi connectivity index (χ2v) is 7.94. The van der Waals surface area contributed by atoms with Gasteiger partial charge in [0, 0.05) is 5.69 Å². The van der Waals surface area contributed by atoms with E-state index in [1.165, 1.54) is 15.4 Å². The van der Waals surface area contributed by atoms with Crippen LogP contribution in [0.5, 0.6) is 11.5 Å². The van der Waals surface area contributed by atoms with Crippen molar-refractivity contribution < 1.29 is 24.1 Å². The highest BCUT2D eigenvalue weighted by Gasteiger charge is 2.30. The van der Waals surface area contributed by atoms with E-state index in [0.717, 1.165) is 56.3 Å². The van der Waals surface area contributed by atoms with Gasteiger partial charge in [-0.25, -0.2) is 0 Å². The van der Waals surface area contributed by atoms with E-state index in [2.05, 4.69) is 24.4 Å². The lowest BCUT2D eigenvalue weighted by atomic mass is 10.1. The summed E-state index contributed by atoms with van der Waals surface area (Å²) in [5.74, 6) is 1.81. The molecule has 162 valence electrons. The van der Waals surface area contributed by atoms with Crippen LogP contribution in [0.25, 0.3) is 0 Å². The fourth-order valence-electron chi connectivity index (χ4n) is 3.85. The lowest BCUT2D eigenvalue weighted by Crippen LogP contribution is -3.30. The molecule has 0 unspecified atom stereocenters. The number of nitrogens with one attached hydrogen (secondary N) is 3. The Balaban J connectivity index is 1.37. The summed E-state index contributed by atoms with van der Waals surface area (Å²) in [6, 6.07) is 15.8. The van der Waals surface area contributed by atoms with Crippen molar-refractivity contribution in [3.8, 4) is 11.5 Å². The molecule has 1 amide bonds. The number of hydrogen-bond donors (Lipinski definition) is 3. The van der Waals surface area contributed by atoms with Gasteiger partial charge in [0.25, 0.3) is 5.91 Å². The number of ether oxygens (including phenoxy) is 2. The number of carbonyl (C=O) groups excluding carboxylic acids is 1. The maximum atomic E-state index is 12.7. The molecule has 1 saturated heterocycles. The van der Waals surface area contributed by atoms with Crippen molar-refractivity contribution in [3.05, 3.63) is 54.1 Å². The van der Waals surface area contributed by atoms with Gasteiger partial charge in [-0.15, -0.1) is 0 Å². The van der Waals surface area contributed by atoms with Crippen LogP contribution in [0.3, 0.4) is 0 Å². The highest BCUT2D eigenvalue weighted by atomic mass is 16.5. The molecule has 0 bridgehead atoms. The Morgan fingerprint density at radius 2 is 1.63 bits per heavy atom. The zero-order valence-electron chi connectivity index (χ0n) is 18.4. The van der Waals surface area contributed by atoms with Crippen molar-refractivity contribution in [1.82, 2.24) is 0 Å². The van der Waals surface area contributed by atoms with Crippen LogP contribution in [0.15, 0.2) is 48.5 Å². The van der Waals surface area contributed by atoms with Crippen LogP contribution in [0.2, 0.25) is 0 Å². The number of hydrogen-bond acceptors (Lipinski definition) is 3.